The Kier molecular flexibility index (Phi) is 6.64. The van der Waals surface area contributed by atoms with Crippen molar-refractivity contribution in [3.63, 3.8) is 0 Å². The molecule has 8 nitrogen and oxygen atoms in total. The second-order valence-electron chi connectivity index (χ2n) is 7.70. The Labute approximate surface area is 202 Å². The molecule has 1 amide bonds. The molecule has 0 aliphatic rings. The van der Waals surface area contributed by atoms with Crippen molar-refractivity contribution in [3.05, 3.63) is 76.5 Å². The molecule has 180 valence electrons. The van der Waals surface area contributed by atoms with Gasteiger partial charge in [0, 0.05) is 12.4 Å². The molecule has 0 saturated carbocycles. The van der Waals surface area contributed by atoms with E-state index < -0.39 is 5.91 Å². The molecule has 0 saturated heterocycles. The van der Waals surface area contributed by atoms with Gasteiger partial charge in [-0.1, -0.05) is 24.3 Å². The minimum absolute atomic E-state index is 0.247. The third-order valence-electron chi connectivity index (χ3n) is 5.85. The lowest BCUT2D eigenvalue weighted by Gasteiger charge is -2.20. The summed E-state index contributed by atoms with van der Waals surface area (Å²) in [6, 6.07) is 17.5. The number of benzene rings is 3. The zero-order valence-corrected chi connectivity index (χ0v) is 20.2. The number of rotatable bonds is 7. The SMILES string of the molecule is COc1ccccc1C(=O)Nc1c(-c2cc(OC)c(OC)c(OC)c2)c(=O)c2ccccc2n1C. The molecule has 3 aromatic carbocycles. The molecule has 8 heteroatoms. The van der Waals surface area contributed by atoms with Crippen LogP contribution < -0.4 is 29.7 Å². The van der Waals surface area contributed by atoms with Gasteiger partial charge in [0.1, 0.15) is 11.6 Å². The molecule has 0 fully saturated rings. The number of ether oxygens (including phenoxy) is 4. The number of anilines is 1. The van der Waals surface area contributed by atoms with E-state index in [1.54, 1.807) is 60.1 Å². The number of carbonyl (C=O) groups is 1. The summed E-state index contributed by atoms with van der Waals surface area (Å²) in [5, 5.41) is 3.44. The molecule has 0 spiro atoms. The molecule has 0 radical (unpaired) electrons. The quantitative estimate of drug-likeness (QED) is 0.425. The van der Waals surface area contributed by atoms with Crippen molar-refractivity contribution < 1.29 is 23.7 Å². The molecule has 4 rings (SSSR count). The Morgan fingerprint density at radius 3 is 2.03 bits per heavy atom. The van der Waals surface area contributed by atoms with Crippen LogP contribution in [0, 0.1) is 0 Å². The van der Waals surface area contributed by atoms with Crippen LogP contribution in [-0.4, -0.2) is 38.9 Å². The van der Waals surface area contributed by atoms with Gasteiger partial charge < -0.3 is 28.8 Å². The molecule has 4 aromatic rings. The number of nitrogens with one attached hydrogen (secondary N) is 1. The molecule has 1 heterocycles. The standard InChI is InChI=1S/C27H26N2O6/c1-29-19-12-8-6-10-17(19)24(30)23(16-14-21(33-3)25(35-5)22(15-16)34-4)26(29)28-27(31)18-11-7-9-13-20(18)32-2/h6-15H,1-5H3,(H,28,31). The van der Waals surface area contributed by atoms with Gasteiger partial charge in [0.15, 0.2) is 16.9 Å². The first-order valence-electron chi connectivity index (χ1n) is 10.8. The number of para-hydroxylation sites is 2. The Bertz CT molecular complexity index is 1450. The summed E-state index contributed by atoms with van der Waals surface area (Å²) in [6.45, 7) is 0. The summed E-state index contributed by atoms with van der Waals surface area (Å²) in [6.07, 6.45) is 0. The largest absolute Gasteiger partial charge is 0.496 e. The van der Waals surface area contributed by atoms with E-state index >= 15 is 0 Å². The number of pyridine rings is 1. The molecular formula is C27H26N2O6. The molecule has 0 atom stereocenters. The number of aryl methyl sites for hydroxylation is 1. The Morgan fingerprint density at radius 2 is 1.40 bits per heavy atom. The lowest BCUT2D eigenvalue weighted by Crippen LogP contribution is -2.22. The summed E-state index contributed by atoms with van der Waals surface area (Å²) < 4.78 is 23.6. The first-order chi connectivity index (χ1) is 16.9. The van der Waals surface area contributed by atoms with Gasteiger partial charge in [-0.2, -0.15) is 0 Å². The summed E-state index contributed by atoms with van der Waals surface area (Å²) in [5.74, 6) is 1.50. The maximum atomic E-state index is 13.8. The van der Waals surface area contributed by atoms with Gasteiger partial charge in [-0.05, 0) is 42.0 Å². The van der Waals surface area contributed by atoms with Gasteiger partial charge in [-0.3, -0.25) is 9.59 Å². The lowest BCUT2D eigenvalue weighted by molar-refractivity contribution is 0.102. The summed E-state index contributed by atoms with van der Waals surface area (Å²) >= 11 is 0. The summed E-state index contributed by atoms with van der Waals surface area (Å²) in [4.78, 5) is 27.1. The second-order valence-corrected chi connectivity index (χ2v) is 7.70. The summed E-state index contributed by atoms with van der Waals surface area (Å²) in [5.41, 5.74) is 1.55. The summed E-state index contributed by atoms with van der Waals surface area (Å²) in [7, 11) is 7.81. The number of nitrogens with zero attached hydrogens (tertiary/aromatic N) is 1. The Morgan fingerprint density at radius 1 is 0.800 bits per heavy atom. The molecule has 0 aliphatic heterocycles. The normalized spacial score (nSPS) is 10.7. The maximum absolute atomic E-state index is 13.8. The molecule has 1 aromatic heterocycles. The molecule has 1 N–H and O–H groups in total. The van der Waals surface area contributed by atoms with Crippen LogP contribution in [0.3, 0.4) is 0 Å². The highest BCUT2D eigenvalue weighted by molar-refractivity contribution is 6.08. The van der Waals surface area contributed by atoms with Crippen LogP contribution in [-0.2, 0) is 7.05 Å². The fourth-order valence-electron chi connectivity index (χ4n) is 4.14. The monoisotopic (exact) mass is 474 g/mol. The van der Waals surface area contributed by atoms with E-state index in [-0.39, 0.29) is 11.0 Å². The van der Waals surface area contributed by atoms with E-state index in [0.717, 1.165) is 0 Å². The number of hydrogen-bond acceptors (Lipinski definition) is 6. The Hall–Kier alpha value is -4.46. The molecular weight excluding hydrogens is 448 g/mol. The lowest BCUT2D eigenvalue weighted by atomic mass is 10.0. The highest BCUT2D eigenvalue weighted by Crippen LogP contribution is 2.42. The first kappa shape index (κ1) is 23.7. The zero-order chi connectivity index (χ0) is 25.1. The van der Waals surface area contributed by atoms with Crippen molar-refractivity contribution in [3.8, 4) is 34.1 Å². The Balaban J connectivity index is 2.01. The number of aromatic nitrogens is 1. The average molecular weight is 475 g/mol. The zero-order valence-electron chi connectivity index (χ0n) is 20.2. The minimum atomic E-state index is -0.415. The molecule has 0 bridgehead atoms. The van der Waals surface area contributed by atoms with E-state index in [0.29, 0.717) is 50.8 Å². The fourth-order valence-corrected chi connectivity index (χ4v) is 4.14. The number of carbonyl (C=O) groups excluding carboxylic acids is 1. The van der Waals surface area contributed by atoms with E-state index in [4.69, 9.17) is 18.9 Å². The smallest absolute Gasteiger partial charge is 0.260 e. The number of hydrogen-bond donors (Lipinski definition) is 1. The van der Waals surface area contributed by atoms with Gasteiger partial charge in [0.05, 0.1) is 45.1 Å². The highest BCUT2D eigenvalue weighted by atomic mass is 16.5. The second kappa shape index (κ2) is 9.80. The van der Waals surface area contributed by atoms with Crippen molar-refractivity contribution >= 4 is 22.6 Å². The van der Waals surface area contributed by atoms with Crippen LogP contribution >= 0.6 is 0 Å². The molecule has 35 heavy (non-hydrogen) atoms. The third-order valence-corrected chi connectivity index (χ3v) is 5.85. The van der Waals surface area contributed by atoms with Crippen LogP contribution in [0.5, 0.6) is 23.0 Å². The van der Waals surface area contributed by atoms with Gasteiger partial charge in [-0.15, -0.1) is 0 Å². The van der Waals surface area contributed by atoms with E-state index in [2.05, 4.69) is 5.32 Å². The van der Waals surface area contributed by atoms with Crippen LogP contribution in [0.1, 0.15) is 10.4 Å². The van der Waals surface area contributed by atoms with Gasteiger partial charge in [0.25, 0.3) is 5.91 Å². The van der Waals surface area contributed by atoms with Crippen molar-refractivity contribution in [2.75, 3.05) is 33.8 Å². The van der Waals surface area contributed by atoms with Crippen LogP contribution in [0.15, 0.2) is 65.5 Å². The number of fused-ring (bicyclic) bond motifs is 1. The van der Waals surface area contributed by atoms with E-state index in [9.17, 15) is 9.59 Å². The molecule has 0 unspecified atom stereocenters. The molecule has 0 aliphatic carbocycles. The topological polar surface area (TPSA) is 88.0 Å². The third kappa shape index (κ3) is 4.14. The van der Waals surface area contributed by atoms with E-state index in [1.807, 2.05) is 12.1 Å². The highest BCUT2D eigenvalue weighted by Gasteiger charge is 2.23. The van der Waals surface area contributed by atoms with Crippen molar-refractivity contribution in [2.24, 2.45) is 7.05 Å². The minimum Gasteiger partial charge on any atom is -0.496 e. The van der Waals surface area contributed by atoms with Crippen molar-refractivity contribution in [1.82, 2.24) is 4.57 Å². The van der Waals surface area contributed by atoms with E-state index in [1.165, 1.54) is 28.4 Å². The van der Waals surface area contributed by atoms with Crippen LogP contribution in [0.4, 0.5) is 5.82 Å². The first-order valence-corrected chi connectivity index (χ1v) is 10.8. The average Bonchev–Trinajstić information content (AvgIpc) is 2.90. The van der Waals surface area contributed by atoms with Gasteiger partial charge in [0.2, 0.25) is 5.75 Å². The van der Waals surface area contributed by atoms with Crippen molar-refractivity contribution in [2.45, 2.75) is 0 Å². The fraction of sp³-hybridized carbons (Fsp3) is 0.185. The van der Waals surface area contributed by atoms with Gasteiger partial charge in [-0.25, -0.2) is 0 Å². The van der Waals surface area contributed by atoms with Crippen LogP contribution in [0.2, 0.25) is 0 Å². The maximum Gasteiger partial charge on any atom is 0.260 e. The number of methoxy groups -OCH3 is 4. The predicted octanol–water partition coefficient (Wildman–Crippen LogP) is 4.49. The van der Waals surface area contributed by atoms with Crippen LogP contribution in [0.25, 0.3) is 22.0 Å². The predicted molar refractivity (Wildman–Crippen MR) is 135 cm³/mol. The number of amides is 1. The van der Waals surface area contributed by atoms with Crippen molar-refractivity contribution in [1.29, 1.82) is 0 Å². The van der Waals surface area contributed by atoms with Gasteiger partial charge >= 0.3 is 0 Å².